The van der Waals surface area contributed by atoms with E-state index >= 15 is 0 Å². The number of nitrogens with zero attached hydrogens (tertiary/aromatic N) is 1. The third kappa shape index (κ3) is 2.19. The van der Waals surface area contributed by atoms with Crippen LogP contribution in [0.5, 0.6) is 0 Å². The van der Waals surface area contributed by atoms with Gasteiger partial charge in [0.1, 0.15) is 11.6 Å². The predicted octanol–water partition coefficient (Wildman–Crippen LogP) is 3.77. The number of halogens is 3. The lowest BCUT2D eigenvalue weighted by molar-refractivity contribution is 0.620. The van der Waals surface area contributed by atoms with Gasteiger partial charge >= 0.3 is 0 Å². The molecule has 0 aliphatic rings. The molecule has 0 radical (unpaired) electrons. The number of pyridine rings is 1. The molecule has 0 fully saturated rings. The Balaban J connectivity index is 2.55. The van der Waals surface area contributed by atoms with Crippen LogP contribution in [0.2, 0.25) is 0 Å². The van der Waals surface area contributed by atoms with E-state index in [1.807, 2.05) is 0 Å². The first kappa shape index (κ1) is 11.0. The lowest BCUT2D eigenvalue weighted by Gasteiger charge is -2.06. The molecule has 16 heavy (non-hydrogen) atoms. The summed E-state index contributed by atoms with van der Waals surface area (Å²) in [5, 5.41) is 0. The van der Waals surface area contributed by atoms with Gasteiger partial charge in [0, 0.05) is 11.4 Å². The van der Waals surface area contributed by atoms with E-state index in [0.29, 0.717) is 16.8 Å². The Morgan fingerprint density at radius 3 is 2.62 bits per heavy atom. The second kappa shape index (κ2) is 4.58. The van der Waals surface area contributed by atoms with Gasteiger partial charge < -0.3 is 0 Å². The van der Waals surface area contributed by atoms with Crippen LogP contribution < -0.4 is 0 Å². The summed E-state index contributed by atoms with van der Waals surface area (Å²) in [7, 11) is 0. The molecule has 0 spiro atoms. The quantitative estimate of drug-likeness (QED) is 0.727. The van der Waals surface area contributed by atoms with Gasteiger partial charge in [0.05, 0.1) is 11.9 Å². The highest BCUT2D eigenvalue weighted by atomic mass is 35.5. The first-order chi connectivity index (χ1) is 7.70. The molecule has 0 unspecified atom stereocenters. The number of aromatic nitrogens is 1. The highest BCUT2D eigenvalue weighted by molar-refractivity contribution is 6.17. The maximum absolute atomic E-state index is 13.0. The van der Waals surface area contributed by atoms with Gasteiger partial charge in [-0.15, -0.1) is 11.6 Å². The highest BCUT2D eigenvalue weighted by Crippen LogP contribution is 2.23. The molecule has 0 amide bonds. The van der Waals surface area contributed by atoms with Crippen LogP contribution in [-0.4, -0.2) is 4.98 Å². The van der Waals surface area contributed by atoms with Gasteiger partial charge in [-0.2, -0.15) is 0 Å². The van der Waals surface area contributed by atoms with E-state index in [4.69, 9.17) is 11.6 Å². The fourth-order valence-corrected chi connectivity index (χ4v) is 1.68. The standard InChI is InChI=1S/C12H8ClF2N/c13-6-9-5-11(15)7-16-12(9)8-2-1-3-10(14)4-8/h1-5,7H,6H2. The fourth-order valence-electron chi connectivity index (χ4n) is 1.48. The maximum atomic E-state index is 13.0. The zero-order chi connectivity index (χ0) is 11.5. The van der Waals surface area contributed by atoms with Gasteiger partial charge in [0.25, 0.3) is 0 Å². The molecule has 1 aromatic heterocycles. The molecule has 82 valence electrons. The molecular weight excluding hydrogens is 232 g/mol. The Morgan fingerprint density at radius 2 is 1.94 bits per heavy atom. The molecule has 2 rings (SSSR count). The van der Waals surface area contributed by atoms with E-state index in [1.165, 1.54) is 18.2 Å². The topological polar surface area (TPSA) is 12.9 Å². The summed E-state index contributed by atoms with van der Waals surface area (Å²) in [4.78, 5) is 3.93. The number of rotatable bonds is 2. The summed E-state index contributed by atoms with van der Waals surface area (Å²) in [6.07, 6.45) is 1.09. The molecular formula is C12H8ClF2N. The van der Waals surface area contributed by atoms with Gasteiger partial charge in [-0.05, 0) is 23.8 Å². The Kier molecular flexibility index (Phi) is 3.15. The summed E-state index contributed by atoms with van der Waals surface area (Å²) in [6.45, 7) is 0. The molecule has 2 aromatic rings. The van der Waals surface area contributed by atoms with Gasteiger partial charge in [-0.3, -0.25) is 4.98 Å². The molecule has 1 aromatic carbocycles. The maximum Gasteiger partial charge on any atom is 0.141 e. The first-order valence-electron chi connectivity index (χ1n) is 4.67. The van der Waals surface area contributed by atoms with Crippen molar-refractivity contribution in [2.24, 2.45) is 0 Å². The van der Waals surface area contributed by atoms with E-state index in [0.717, 1.165) is 6.20 Å². The number of hydrogen-bond acceptors (Lipinski definition) is 1. The molecule has 1 heterocycles. The minimum atomic E-state index is -0.448. The van der Waals surface area contributed by atoms with Crippen molar-refractivity contribution < 1.29 is 8.78 Å². The van der Waals surface area contributed by atoms with Crippen LogP contribution in [0.3, 0.4) is 0 Å². The lowest BCUT2D eigenvalue weighted by Crippen LogP contribution is -1.93. The molecule has 0 atom stereocenters. The number of hydrogen-bond donors (Lipinski definition) is 0. The monoisotopic (exact) mass is 239 g/mol. The van der Waals surface area contributed by atoms with Crippen molar-refractivity contribution in [2.75, 3.05) is 0 Å². The Labute approximate surface area is 96.7 Å². The second-order valence-electron chi connectivity index (χ2n) is 3.31. The van der Waals surface area contributed by atoms with Gasteiger partial charge in [-0.25, -0.2) is 8.78 Å². The van der Waals surface area contributed by atoms with Crippen LogP contribution in [-0.2, 0) is 5.88 Å². The normalized spacial score (nSPS) is 10.4. The fraction of sp³-hybridized carbons (Fsp3) is 0.0833. The molecule has 0 aliphatic heterocycles. The van der Waals surface area contributed by atoms with Crippen molar-refractivity contribution in [3.8, 4) is 11.3 Å². The molecule has 0 saturated heterocycles. The predicted molar refractivity (Wildman–Crippen MR) is 59.1 cm³/mol. The summed E-state index contributed by atoms with van der Waals surface area (Å²) < 4.78 is 26.0. The van der Waals surface area contributed by atoms with E-state index in [2.05, 4.69) is 4.98 Å². The molecule has 1 nitrogen and oxygen atoms in total. The average Bonchev–Trinajstić information content (AvgIpc) is 2.28. The van der Waals surface area contributed by atoms with E-state index in [1.54, 1.807) is 12.1 Å². The third-order valence-electron chi connectivity index (χ3n) is 2.18. The van der Waals surface area contributed by atoms with E-state index in [-0.39, 0.29) is 11.7 Å². The van der Waals surface area contributed by atoms with Gasteiger partial charge in [0.2, 0.25) is 0 Å². The number of alkyl halides is 1. The SMILES string of the molecule is Fc1cccc(-c2ncc(F)cc2CCl)c1. The van der Waals surface area contributed by atoms with Crippen molar-refractivity contribution in [1.29, 1.82) is 0 Å². The van der Waals surface area contributed by atoms with Crippen LogP contribution in [0.15, 0.2) is 36.5 Å². The number of benzene rings is 1. The second-order valence-corrected chi connectivity index (χ2v) is 3.57. The van der Waals surface area contributed by atoms with Crippen LogP contribution >= 0.6 is 11.6 Å². The van der Waals surface area contributed by atoms with Crippen LogP contribution in [0, 0.1) is 11.6 Å². The van der Waals surface area contributed by atoms with Gasteiger partial charge in [0.15, 0.2) is 0 Å². The minimum Gasteiger partial charge on any atom is -0.253 e. The largest absolute Gasteiger partial charge is 0.253 e. The first-order valence-corrected chi connectivity index (χ1v) is 5.20. The molecule has 0 bridgehead atoms. The van der Waals surface area contributed by atoms with Crippen LogP contribution in [0.1, 0.15) is 5.56 Å². The van der Waals surface area contributed by atoms with E-state index < -0.39 is 5.82 Å². The zero-order valence-corrected chi connectivity index (χ0v) is 9.01. The summed E-state index contributed by atoms with van der Waals surface area (Å²) in [5.41, 5.74) is 1.65. The molecule has 0 aliphatic carbocycles. The van der Waals surface area contributed by atoms with Crippen molar-refractivity contribution in [3.63, 3.8) is 0 Å². The molecule has 0 saturated carbocycles. The van der Waals surface area contributed by atoms with E-state index in [9.17, 15) is 8.78 Å². The average molecular weight is 240 g/mol. The van der Waals surface area contributed by atoms with Crippen molar-refractivity contribution in [1.82, 2.24) is 4.98 Å². The third-order valence-corrected chi connectivity index (χ3v) is 2.46. The zero-order valence-electron chi connectivity index (χ0n) is 8.25. The lowest BCUT2D eigenvalue weighted by atomic mass is 10.1. The summed E-state index contributed by atoms with van der Waals surface area (Å²) in [5.74, 6) is -0.670. The van der Waals surface area contributed by atoms with Crippen molar-refractivity contribution >= 4 is 11.6 Å². The van der Waals surface area contributed by atoms with Gasteiger partial charge in [-0.1, -0.05) is 12.1 Å². The summed E-state index contributed by atoms with van der Waals surface area (Å²) >= 11 is 5.69. The Morgan fingerprint density at radius 1 is 1.12 bits per heavy atom. The minimum absolute atomic E-state index is 0.136. The van der Waals surface area contributed by atoms with Crippen LogP contribution in [0.25, 0.3) is 11.3 Å². The summed E-state index contributed by atoms with van der Waals surface area (Å²) in [6, 6.07) is 7.27. The highest BCUT2D eigenvalue weighted by Gasteiger charge is 2.08. The smallest absolute Gasteiger partial charge is 0.141 e. The molecule has 0 N–H and O–H groups in total. The Hall–Kier alpha value is -1.48. The Bertz CT molecular complexity index is 514. The van der Waals surface area contributed by atoms with Crippen molar-refractivity contribution in [2.45, 2.75) is 5.88 Å². The van der Waals surface area contributed by atoms with Crippen molar-refractivity contribution in [3.05, 3.63) is 53.7 Å². The molecule has 4 heteroatoms. The van der Waals surface area contributed by atoms with Crippen LogP contribution in [0.4, 0.5) is 8.78 Å².